The van der Waals surface area contributed by atoms with Gasteiger partial charge in [-0.2, -0.15) is 0 Å². The first-order valence-electron chi connectivity index (χ1n) is 7.50. The first-order valence-corrected chi connectivity index (χ1v) is 7.50. The maximum atomic E-state index is 13.8. The summed E-state index contributed by atoms with van der Waals surface area (Å²) in [5.74, 6) is -0.139. The van der Waals surface area contributed by atoms with E-state index in [1.807, 2.05) is 0 Å². The van der Waals surface area contributed by atoms with Crippen LogP contribution in [0.2, 0.25) is 0 Å². The zero-order valence-corrected chi connectivity index (χ0v) is 11.9. The number of halogens is 1. The van der Waals surface area contributed by atoms with Crippen LogP contribution in [0.5, 0.6) is 0 Å². The molecule has 0 amide bonds. The normalized spacial score (nSPS) is 20.4. The molecular formula is C16H25FN2. The first-order chi connectivity index (χ1) is 9.24. The van der Waals surface area contributed by atoms with Crippen molar-refractivity contribution in [1.82, 2.24) is 0 Å². The van der Waals surface area contributed by atoms with Crippen LogP contribution >= 0.6 is 0 Å². The van der Waals surface area contributed by atoms with Crippen LogP contribution in [0.4, 0.5) is 10.1 Å². The molecule has 1 aromatic rings. The highest BCUT2D eigenvalue weighted by atomic mass is 19.1. The summed E-state index contributed by atoms with van der Waals surface area (Å²) >= 11 is 0. The first kappa shape index (κ1) is 14.3. The molecule has 1 unspecified atom stereocenters. The maximum Gasteiger partial charge on any atom is 0.125 e. The Labute approximate surface area is 115 Å². The second-order valence-corrected chi connectivity index (χ2v) is 5.46. The van der Waals surface area contributed by atoms with Gasteiger partial charge < -0.3 is 10.6 Å². The minimum Gasteiger partial charge on any atom is -0.368 e. The van der Waals surface area contributed by atoms with Crippen molar-refractivity contribution in [3.63, 3.8) is 0 Å². The van der Waals surface area contributed by atoms with E-state index in [0.717, 1.165) is 30.6 Å². The average Bonchev–Trinajstić information content (AvgIpc) is 2.63. The number of nitrogens with zero attached hydrogens (tertiary/aromatic N) is 1. The van der Waals surface area contributed by atoms with Crippen LogP contribution in [0.3, 0.4) is 0 Å². The van der Waals surface area contributed by atoms with Gasteiger partial charge in [-0.3, -0.25) is 0 Å². The van der Waals surface area contributed by atoms with Gasteiger partial charge in [-0.25, -0.2) is 4.39 Å². The van der Waals surface area contributed by atoms with Gasteiger partial charge in [0.05, 0.1) is 0 Å². The molecule has 0 aliphatic carbocycles. The lowest BCUT2D eigenvalue weighted by Gasteiger charge is -2.32. The van der Waals surface area contributed by atoms with Crippen LogP contribution < -0.4 is 10.6 Å². The van der Waals surface area contributed by atoms with Crippen molar-refractivity contribution in [2.24, 2.45) is 5.73 Å². The highest BCUT2D eigenvalue weighted by molar-refractivity contribution is 5.50. The molecular weight excluding hydrogens is 239 g/mol. The molecule has 0 bridgehead atoms. The molecule has 1 atom stereocenters. The molecule has 0 saturated carbocycles. The van der Waals surface area contributed by atoms with Crippen molar-refractivity contribution in [1.29, 1.82) is 0 Å². The van der Waals surface area contributed by atoms with E-state index in [0.29, 0.717) is 12.6 Å². The minimum atomic E-state index is -0.139. The lowest BCUT2D eigenvalue weighted by molar-refractivity contribution is 0.553. The Hall–Kier alpha value is -1.09. The molecule has 1 saturated heterocycles. The summed E-state index contributed by atoms with van der Waals surface area (Å²) < 4.78 is 13.8. The monoisotopic (exact) mass is 264 g/mol. The average molecular weight is 264 g/mol. The van der Waals surface area contributed by atoms with Crippen molar-refractivity contribution >= 4 is 5.69 Å². The third-order valence-corrected chi connectivity index (χ3v) is 4.06. The van der Waals surface area contributed by atoms with Gasteiger partial charge in [0.1, 0.15) is 5.82 Å². The quantitative estimate of drug-likeness (QED) is 0.902. The Morgan fingerprint density at radius 1 is 1.26 bits per heavy atom. The third kappa shape index (κ3) is 3.69. The van der Waals surface area contributed by atoms with Crippen LogP contribution in [0.15, 0.2) is 18.2 Å². The highest BCUT2D eigenvalue weighted by Gasteiger charge is 2.20. The lowest BCUT2D eigenvalue weighted by Crippen LogP contribution is -2.34. The van der Waals surface area contributed by atoms with Crippen LogP contribution in [0.1, 0.15) is 44.6 Å². The third-order valence-electron chi connectivity index (χ3n) is 4.06. The van der Waals surface area contributed by atoms with Crippen molar-refractivity contribution in [3.05, 3.63) is 29.6 Å². The fourth-order valence-electron chi connectivity index (χ4n) is 3.05. The Morgan fingerprint density at radius 3 is 2.84 bits per heavy atom. The van der Waals surface area contributed by atoms with Crippen molar-refractivity contribution < 1.29 is 4.39 Å². The van der Waals surface area contributed by atoms with Crippen LogP contribution in [0.25, 0.3) is 0 Å². The second kappa shape index (κ2) is 6.90. The van der Waals surface area contributed by atoms with Gasteiger partial charge in [-0.15, -0.1) is 0 Å². The highest BCUT2D eigenvalue weighted by Crippen LogP contribution is 2.27. The Kier molecular flexibility index (Phi) is 5.20. The molecule has 1 aromatic carbocycles. The molecule has 3 heteroatoms. The number of hydrogen-bond acceptors (Lipinski definition) is 2. The minimum absolute atomic E-state index is 0.139. The maximum absolute atomic E-state index is 13.8. The summed E-state index contributed by atoms with van der Waals surface area (Å²) in [5, 5.41) is 0. The van der Waals surface area contributed by atoms with Crippen molar-refractivity contribution in [3.8, 4) is 0 Å². The number of hydrogen-bond donors (Lipinski definition) is 1. The molecule has 2 nitrogen and oxygen atoms in total. The zero-order chi connectivity index (χ0) is 13.7. The largest absolute Gasteiger partial charge is 0.368 e. The second-order valence-electron chi connectivity index (χ2n) is 5.46. The Balaban J connectivity index is 2.26. The Bertz CT molecular complexity index is 406. The number of nitrogens with two attached hydrogens (primary N) is 1. The summed E-state index contributed by atoms with van der Waals surface area (Å²) in [6.45, 7) is 3.84. The van der Waals surface area contributed by atoms with Crippen LogP contribution in [-0.2, 0) is 6.42 Å². The van der Waals surface area contributed by atoms with E-state index >= 15 is 0 Å². The lowest BCUT2D eigenvalue weighted by atomic mass is 10.1. The van der Waals surface area contributed by atoms with Gasteiger partial charge in [0.15, 0.2) is 0 Å². The van der Waals surface area contributed by atoms with Crippen molar-refractivity contribution in [2.75, 3.05) is 18.0 Å². The molecule has 1 fully saturated rings. The van der Waals surface area contributed by atoms with E-state index in [1.54, 1.807) is 12.1 Å². The van der Waals surface area contributed by atoms with E-state index in [-0.39, 0.29) is 5.82 Å². The summed E-state index contributed by atoms with van der Waals surface area (Å²) in [4.78, 5) is 2.40. The van der Waals surface area contributed by atoms with Crippen LogP contribution in [-0.4, -0.2) is 19.1 Å². The number of anilines is 1. The summed E-state index contributed by atoms with van der Waals surface area (Å²) in [5.41, 5.74) is 7.63. The van der Waals surface area contributed by atoms with Gasteiger partial charge in [0.25, 0.3) is 0 Å². The fourth-order valence-corrected chi connectivity index (χ4v) is 3.05. The summed E-state index contributed by atoms with van der Waals surface area (Å²) in [6, 6.07) is 5.95. The molecule has 1 aliphatic rings. The topological polar surface area (TPSA) is 29.3 Å². The van der Waals surface area contributed by atoms with E-state index in [4.69, 9.17) is 5.73 Å². The summed E-state index contributed by atoms with van der Waals surface area (Å²) in [6.07, 6.45) is 6.88. The molecule has 1 heterocycles. The standard InChI is InChI=1S/C16H25FN2/c1-2-15-6-4-3-5-9-19(15)16-11-13(7-8-18)10-14(17)12-16/h10-12,15H,2-9,18H2,1H3. The van der Waals surface area contributed by atoms with Gasteiger partial charge in [-0.05, 0) is 56.0 Å². The zero-order valence-electron chi connectivity index (χ0n) is 11.9. The molecule has 19 heavy (non-hydrogen) atoms. The van der Waals surface area contributed by atoms with Gasteiger partial charge in [0.2, 0.25) is 0 Å². The SMILES string of the molecule is CCC1CCCCCN1c1cc(F)cc(CCN)c1. The van der Waals surface area contributed by atoms with E-state index in [9.17, 15) is 4.39 Å². The van der Waals surface area contributed by atoms with Crippen LogP contribution in [0, 0.1) is 5.82 Å². The number of benzene rings is 1. The molecule has 2 rings (SSSR count). The van der Waals surface area contributed by atoms with E-state index in [2.05, 4.69) is 17.9 Å². The van der Waals surface area contributed by atoms with Gasteiger partial charge >= 0.3 is 0 Å². The molecule has 0 spiro atoms. The number of rotatable bonds is 4. The van der Waals surface area contributed by atoms with E-state index < -0.39 is 0 Å². The Morgan fingerprint density at radius 2 is 2.11 bits per heavy atom. The molecule has 0 aromatic heterocycles. The fraction of sp³-hybridized carbons (Fsp3) is 0.625. The molecule has 0 radical (unpaired) electrons. The molecule has 2 N–H and O–H groups in total. The summed E-state index contributed by atoms with van der Waals surface area (Å²) in [7, 11) is 0. The smallest absolute Gasteiger partial charge is 0.125 e. The van der Waals surface area contributed by atoms with Gasteiger partial charge in [0, 0.05) is 18.3 Å². The van der Waals surface area contributed by atoms with Crippen molar-refractivity contribution in [2.45, 2.75) is 51.5 Å². The van der Waals surface area contributed by atoms with E-state index in [1.165, 1.54) is 25.7 Å². The predicted octanol–water partition coefficient (Wildman–Crippen LogP) is 3.49. The van der Waals surface area contributed by atoms with Gasteiger partial charge in [-0.1, -0.05) is 19.8 Å². The predicted molar refractivity (Wildman–Crippen MR) is 79.1 cm³/mol. The molecule has 106 valence electrons. The molecule has 1 aliphatic heterocycles.